The first-order valence-corrected chi connectivity index (χ1v) is 46.7. The Morgan fingerprint density at radius 2 is 0.435 bits per heavy atom. The molecule has 0 radical (unpaired) electrons. The van der Waals surface area contributed by atoms with Gasteiger partial charge < -0.3 is 40.9 Å². The Kier molecular flexibility index (Phi) is 24.2. The van der Waals surface area contributed by atoms with Crippen LogP contribution in [0, 0.1) is 99.8 Å². The third-order valence-corrected chi connectivity index (χ3v) is 30.5. The number of hydrogen-bond acceptors (Lipinski definition) is 16. The van der Waals surface area contributed by atoms with Gasteiger partial charge in [0.05, 0.1) is 43.2 Å². The number of carboxylic acid groups (broad SMARTS) is 4. The molecule has 4 aliphatic carbocycles. The Bertz CT molecular complexity index is 6810. The lowest BCUT2D eigenvalue weighted by molar-refractivity contribution is -0.139. The Labute approximate surface area is 772 Å². The number of aromatic hydroxyl groups is 4. The standard InChI is InChI=1S/3C28H24O4S.C27H22O4S/c3*1-14-10-15(2)24(16(3)11-14)26(30)27-25(20-9-8-19(29)12-23(20)33-27)18-6-4-17(5-7-18)21-13-22(21)28(31)32;1-14-4-3-5-15(2)23(14)25(29)26-24(19-11-10-18(28)12-22(19)32-26)17-8-6-16(7-9-17)20-13-21(20)27(30)31/h3*4-12,21-22,29H,13H2,1-3H3,(H,31,32);3-12,20-21,28H,13H2,1-2H3,(H,30,31). The molecule has 131 heavy (non-hydrogen) atoms. The Hall–Kier alpha value is -13.8. The number of carbonyl (C=O) groups excluding carboxylic acids is 4. The first-order chi connectivity index (χ1) is 62.6. The highest BCUT2D eigenvalue weighted by atomic mass is 32.1. The number of aryl methyl sites for hydroxylation is 11. The summed E-state index contributed by atoms with van der Waals surface area (Å²) in [6.45, 7) is 21.8. The molecule has 12 aromatic carbocycles. The molecule has 0 amide bonds. The van der Waals surface area contributed by atoms with Crippen LogP contribution in [0.4, 0.5) is 0 Å². The Balaban J connectivity index is 0.000000122. The van der Waals surface area contributed by atoms with Crippen molar-refractivity contribution in [2.45, 2.75) is 126 Å². The number of phenols is 4. The summed E-state index contributed by atoms with van der Waals surface area (Å²) in [5.41, 5.74) is 25.0. The Morgan fingerprint density at radius 1 is 0.244 bits per heavy atom. The maximum atomic E-state index is 13.8. The van der Waals surface area contributed by atoms with Gasteiger partial charge in [-0.15, -0.1) is 45.3 Å². The number of ketones is 4. The number of carboxylic acids is 4. The highest BCUT2D eigenvalue weighted by Crippen LogP contribution is 2.54. The Morgan fingerprint density at radius 3 is 0.618 bits per heavy atom. The van der Waals surface area contributed by atoms with Crippen molar-refractivity contribution in [2.24, 2.45) is 23.7 Å². The van der Waals surface area contributed by atoms with Gasteiger partial charge in [-0.2, -0.15) is 0 Å². The largest absolute Gasteiger partial charge is 0.508 e. The molecule has 4 heterocycles. The summed E-state index contributed by atoms with van der Waals surface area (Å²) in [5, 5.41) is 80.7. The van der Waals surface area contributed by atoms with Crippen molar-refractivity contribution in [2.75, 3.05) is 0 Å². The molecule has 16 aromatic rings. The number of thiophene rings is 4. The molecule has 0 bridgehead atoms. The highest BCUT2D eigenvalue weighted by Gasteiger charge is 2.47. The van der Waals surface area contributed by atoms with E-state index >= 15 is 0 Å². The molecule has 8 unspecified atom stereocenters. The van der Waals surface area contributed by atoms with Gasteiger partial charge >= 0.3 is 23.9 Å². The molecule has 4 saturated carbocycles. The fourth-order valence-corrected chi connectivity index (χ4v) is 24.1. The average Bonchev–Trinajstić information content (AvgIpc) is 1.62. The van der Waals surface area contributed by atoms with Gasteiger partial charge in [0.25, 0.3) is 0 Å². The van der Waals surface area contributed by atoms with Crippen LogP contribution in [0.15, 0.2) is 224 Å². The minimum Gasteiger partial charge on any atom is -0.508 e. The molecule has 0 aliphatic heterocycles. The van der Waals surface area contributed by atoms with Crippen molar-refractivity contribution in [3.05, 3.63) is 350 Å². The van der Waals surface area contributed by atoms with E-state index in [0.717, 1.165) is 185 Å². The maximum absolute atomic E-state index is 13.8. The molecule has 4 aromatic heterocycles. The fraction of sp³-hybridized carbons (Fsp3) is 0.207. The van der Waals surface area contributed by atoms with Crippen molar-refractivity contribution in [1.82, 2.24) is 0 Å². The molecule has 4 fully saturated rings. The summed E-state index contributed by atoms with van der Waals surface area (Å²) in [7, 11) is 0. The number of rotatable bonds is 20. The molecule has 658 valence electrons. The van der Waals surface area contributed by atoms with Crippen LogP contribution >= 0.6 is 45.3 Å². The summed E-state index contributed by atoms with van der Waals surface area (Å²) in [4.78, 5) is 103. The van der Waals surface area contributed by atoms with Gasteiger partial charge in [-0.1, -0.05) is 168 Å². The van der Waals surface area contributed by atoms with Crippen molar-refractivity contribution >= 4 is 133 Å². The van der Waals surface area contributed by atoms with Crippen molar-refractivity contribution in [3.63, 3.8) is 0 Å². The molecule has 0 spiro atoms. The van der Waals surface area contributed by atoms with Gasteiger partial charge in [-0.3, -0.25) is 38.4 Å². The van der Waals surface area contributed by atoms with Gasteiger partial charge in [0.15, 0.2) is 0 Å². The number of phenolic OH excluding ortho intramolecular Hbond substituents is 4. The maximum Gasteiger partial charge on any atom is 0.307 e. The summed E-state index contributed by atoms with van der Waals surface area (Å²) in [6, 6.07) is 70.4. The number of carbonyl (C=O) groups is 8. The number of aliphatic carboxylic acids is 4. The minimum absolute atomic E-state index is 0.0158. The van der Waals surface area contributed by atoms with E-state index in [0.29, 0.717) is 50.8 Å². The second kappa shape index (κ2) is 35.6. The van der Waals surface area contributed by atoms with Crippen molar-refractivity contribution in [3.8, 4) is 67.5 Å². The summed E-state index contributed by atoms with van der Waals surface area (Å²) in [5.74, 6) is -3.33. The number of benzene rings is 12. The van der Waals surface area contributed by atoms with Crippen LogP contribution in [0.2, 0.25) is 0 Å². The zero-order valence-corrected chi connectivity index (χ0v) is 77.1. The van der Waals surface area contributed by atoms with Crippen LogP contribution in [0.25, 0.3) is 84.9 Å². The molecule has 8 N–H and O–H groups in total. The molecule has 16 nitrogen and oxygen atoms in total. The van der Waals surface area contributed by atoms with Crippen LogP contribution in [-0.4, -0.2) is 87.9 Å². The van der Waals surface area contributed by atoms with Crippen LogP contribution < -0.4 is 0 Å². The highest BCUT2D eigenvalue weighted by molar-refractivity contribution is 7.23. The topological polar surface area (TPSA) is 298 Å². The average molecular weight is 1810 g/mol. The van der Waals surface area contributed by atoms with Crippen LogP contribution in [0.5, 0.6) is 23.0 Å². The van der Waals surface area contributed by atoms with Gasteiger partial charge in [-0.25, -0.2) is 0 Å². The zero-order valence-electron chi connectivity index (χ0n) is 73.8. The normalized spacial score (nSPS) is 17.3. The van der Waals surface area contributed by atoms with E-state index in [4.69, 9.17) is 0 Å². The van der Waals surface area contributed by atoms with Crippen LogP contribution in [0.1, 0.15) is 194 Å². The predicted molar refractivity (Wildman–Crippen MR) is 521 cm³/mol. The third-order valence-electron chi connectivity index (χ3n) is 25.9. The number of fused-ring (bicyclic) bond motifs is 4. The van der Waals surface area contributed by atoms with Crippen molar-refractivity contribution in [1.29, 1.82) is 0 Å². The quantitative estimate of drug-likeness (QED) is 0.0329. The van der Waals surface area contributed by atoms with Crippen LogP contribution in [-0.2, 0) is 19.2 Å². The summed E-state index contributed by atoms with van der Waals surface area (Å²) >= 11 is 5.59. The van der Waals surface area contributed by atoms with E-state index in [2.05, 4.69) is 0 Å². The van der Waals surface area contributed by atoms with E-state index in [1.807, 2.05) is 252 Å². The monoisotopic (exact) mass is 1810 g/mol. The lowest BCUT2D eigenvalue weighted by Gasteiger charge is -2.11. The molecular weight excluding hydrogens is 1720 g/mol. The van der Waals surface area contributed by atoms with Gasteiger partial charge in [0, 0.05) is 84.9 Å². The van der Waals surface area contributed by atoms with Gasteiger partial charge in [0.1, 0.15) is 23.0 Å². The molecule has 4 aliphatic rings. The van der Waals surface area contributed by atoms with E-state index in [1.165, 1.54) is 45.3 Å². The predicted octanol–water partition coefficient (Wildman–Crippen LogP) is 26.2. The third kappa shape index (κ3) is 17.8. The molecule has 20 heteroatoms. The second-order valence-electron chi connectivity index (χ2n) is 35.5. The lowest BCUT2D eigenvalue weighted by atomic mass is 9.92. The zero-order chi connectivity index (χ0) is 92.9. The summed E-state index contributed by atoms with van der Waals surface area (Å²) in [6.07, 6.45) is 2.69. The minimum atomic E-state index is -0.746. The summed E-state index contributed by atoms with van der Waals surface area (Å²) < 4.78 is 3.42. The van der Waals surface area contributed by atoms with E-state index in [1.54, 1.807) is 48.5 Å². The fourth-order valence-electron chi connectivity index (χ4n) is 19.3. The van der Waals surface area contributed by atoms with Crippen molar-refractivity contribution < 1.29 is 79.2 Å². The molecule has 20 rings (SSSR count). The van der Waals surface area contributed by atoms with E-state index < -0.39 is 23.9 Å². The van der Waals surface area contributed by atoms with Gasteiger partial charge in [-0.05, 0) is 287 Å². The second-order valence-corrected chi connectivity index (χ2v) is 39.7. The first-order valence-electron chi connectivity index (χ1n) is 43.4. The number of hydrogen-bond donors (Lipinski definition) is 8. The smallest absolute Gasteiger partial charge is 0.307 e. The first kappa shape index (κ1) is 89.2. The van der Waals surface area contributed by atoms with E-state index in [9.17, 15) is 79.2 Å². The lowest BCUT2D eigenvalue weighted by Crippen LogP contribution is -2.06. The molecular formula is C111H94O16S4. The SMILES string of the molecule is Cc1cc(C)c(C(=O)c2sc3cc(O)ccc3c2-c2ccc(C3CC3C(=O)O)cc2)c(C)c1.Cc1cc(C)c(C(=O)c2sc3cc(O)ccc3c2-c2ccc(C3CC3C(=O)O)cc2)c(C)c1.Cc1cc(C)c(C(=O)c2sc3cc(O)ccc3c2-c2ccc(C3CC3C(=O)O)cc2)c(C)c1.Cc1cccc(C)c1C(=O)c1sc2cc(O)ccc2c1-c1ccc(C2CC2C(=O)O)cc1. The molecule has 0 saturated heterocycles. The van der Waals surface area contributed by atoms with E-state index in [-0.39, 0.29) is 93.5 Å². The van der Waals surface area contributed by atoms with Gasteiger partial charge in [0.2, 0.25) is 23.1 Å². The molecule has 8 atom stereocenters. The van der Waals surface area contributed by atoms with Crippen LogP contribution in [0.3, 0.4) is 0 Å².